The zero-order valence-electron chi connectivity index (χ0n) is 21.1. The molecule has 6 rings (SSSR count). The summed E-state index contributed by atoms with van der Waals surface area (Å²) in [6.07, 6.45) is 5.23. The summed E-state index contributed by atoms with van der Waals surface area (Å²) in [4.78, 5) is 33.2. The highest BCUT2D eigenvalue weighted by Crippen LogP contribution is 2.33. The number of ketones is 1. The summed E-state index contributed by atoms with van der Waals surface area (Å²) < 4.78 is 14.7. The number of pyridine rings is 3. The minimum Gasteiger partial charge on any atom is -0.496 e. The maximum Gasteiger partial charge on any atom is 0.195 e. The standard InChI is InChI=1S/C26H26N8O3/c1-15-17-14-28-34(20(17)11-19(29-15)18-13-27-6-5-22(18)36-4)23-12-21-24(31-25(16(2)35)32(21)3)26(30-23)33-7-9-37-10-8-33/h5-6,11-14H,7-10H2,1-4H3. The number of carbonyl (C=O) groups is 1. The highest BCUT2D eigenvalue weighted by atomic mass is 16.5. The normalized spacial score (nSPS) is 14.0. The average Bonchev–Trinajstić information content (AvgIpc) is 3.50. The van der Waals surface area contributed by atoms with Gasteiger partial charge in [0.25, 0.3) is 0 Å². The van der Waals surface area contributed by atoms with Gasteiger partial charge >= 0.3 is 0 Å². The van der Waals surface area contributed by atoms with Crippen molar-refractivity contribution in [3.63, 3.8) is 0 Å². The van der Waals surface area contributed by atoms with Crippen LogP contribution < -0.4 is 9.64 Å². The van der Waals surface area contributed by atoms with Crippen molar-refractivity contribution >= 4 is 33.5 Å². The van der Waals surface area contributed by atoms with Crippen LogP contribution in [0.15, 0.2) is 36.8 Å². The number of hydrogen-bond acceptors (Lipinski definition) is 9. The Labute approximate surface area is 212 Å². The molecule has 0 saturated carbocycles. The quantitative estimate of drug-likeness (QED) is 0.337. The first-order valence-electron chi connectivity index (χ1n) is 12.0. The Morgan fingerprint density at radius 1 is 1.08 bits per heavy atom. The summed E-state index contributed by atoms with van der Waals surface area (Å²) in [5.74, 6) is 2.31. The molecule has 0 aromatic carbocycles. The Kier molecular flexibility index (Phi) is 5.56. The predicted octanol–water partition coefficient (Wildman–Crippen LogP) is 3.12. The van der Waals surface area contributed by atoms with E-state index in [1.165, 1.54) is 6.92 Å². The molecule has 0 bridgehead atoms. The number of fused-ring (bicyclic) bond motifs is 2. The smallest absolute Gasteiger partial charge is 0.195 e. The van der Waals surface area contributed by atoms with Crippen molar-refractivity contribution in [2.45, 2.75) is 13.8 Å². The number of hydrogen-bond donors (Lipinski definition) is 0. The van der Waals surface area contributed by atoms with Gasteiger partial charge in [-0.05, 0) is 19.1 Å². The van der Waals surface area contributed by atoms with E-state index in [2.05, 4.69) is 14.9 Å². The molecule has 1 aliphatic heterocycles. The summed E-state index contributed by atoms with van der Waals surface area (Å²) in [5.41, 5.74) is 4.69. The molecule has 0 radical (unpaired) electrons. The number of ether oxygens (including phenoxy) is 2. The van der Waals surface area contributed by atoms with E-state index in [-0.39, 0.29) is 5.78 Å². The number of nitrogens with zero attached hydrogens (tertiary/aromatic N) is 8. The van der Waals surface area contributed by atoms with Crippen LogP contribution in [0.1, 0.15) is 23.2 Å². The van der Waals surface area contributed by atoms with Gasteiger partial charge in [-0.1, -0.05) is 0 Å². The van der Waals surface area contributed by atoms with Crippen molar-refractivity contribution in [2.24, 2.45) is 7.05 Å². The van der Waals surface area contributed by atoms with Crippen LogP contribution in [0.3, 0.4) is 0 Å². The minimum atomic E-state index is -0.102. The fourth-order valence-electron chi connectivity index (χ4n) is 4.83. The van der Waals surface area contributed by atoms with Crippen LogP contribution >= 0.6 is 0 Å². The van der Waals surface area contributed by atoms with Crippen LogP contribution in [0, 0.1) is 6.92 Å². The molecule has 0 N–H and O–H groups in total. The highest BCUT2D eigenvalue weighted by molar-refractivity contribution is 5.98. The van der Waals surface area contributed by atoms with Crippen LogP contribution in [0.4, 0.5) is 5.82 Å². The number of aromatic nitrogens is 7. The van der Waals surface area contributed by atoms with Crippen LogP contribution in [0.25, 0.3) is 39.0 Å². The number of morpholine rings is 1. The summed E-state index contributed by atoms with van der Waals surface area (Å²) >= 11 is 0. The van der Waals surface area contributed by atoms with Crippen molar-refractivity contribution in [1.82, 2.24) is 34.3 Å². The Morgan fingerprint density at radius 3 is 2.65 bits per heavy atom. The average molecular weight is 499 g/mol. The van der Waals surface area contributed by atoms with Crippen molar-refractivity contribution < 1.29 is 14.3 Å². The second-order valence-electron chi connectivity index (χ2n) is 8.98. The van der Waals surface area contributed by atoms with E-state index >= 15 is 0 Å². The Balaban J connectivity index is 1.59. The van der Waals surface area contributed by atoms with Gasteiger partial charge in [0.05, 0.1) is 48.8 Å². The Morgan fingerprint density at radius 2 is 1.89 bits per heavy atom. The van der Waals surface area contributed by atoms with Crippen LogP contribution in [-0.4, -0.2) is 73.5 Å². The summed E-state index contributed by atoms with van der Waals surface area (Å²) in [5, 5.41) is 5.61. The fourth-order valence-corrected chi connectivity index (χ4v) is 4.83. The number of Topliss-reactive ketones (excluding diaryl/α,β-unsaturated/α-hetero) is 1. The molecule has 0 aliphatic carbocycles. The van der Waals surface area contributed by atoms with Crippen molar-refractivity contribution in [1.29, 1.82) is 0 Å². The molecule has 0 spiro atoms. The van der Waals surface area contributed by atoms with E-state index in [1.807, 2.05) is 36.7 Å². The van der Waals surface area contributed by atoms with Crippen molar-refractivity contribution in [2.75, 3.05) is 38.3 Å². The third kappa shape index (κ3) is 3.78. The number of anilines is 1. The molecule has 11 heteroatoms. The van der Waals surface area contributed by atoms with E-state index in [1.54, 1.807) is 30.4 Å². The van der Waals surface area contributed by atoms with Crippen LogP contribution in [-0.2, 0) is 11.8 Å². The number of carbonyl (C=O) groups excluding carboxylic acids is 1. The maximum absolute atomic E-state index is 12.3. The van der Waals surface area contributed by atoms with Crippen molar-refractivity contribution in [3.8, 4) is 22.8 Å². The van der Waals surface area contributed by atoms with Gasteiger partial charge in [-0.15, -0.1) is 0 Å². The number of methoxy groups -OCH3 is 1. The molecular formula is C26H26N8O3. The van der Waals surface area contributed by atoms with Gasteiger partial charge in [0, 0.05) is 56.6 Å². The lowest BCUT2D eigenvalue weighted by molar-refractivity contribution is 0.100. The van der Waals surface area contributed by atoms with Gasteiger partial charge in [0.1, 0.15) is 11.3 Å². The van der Waals surface area contributed by atoms with Gasteiger partial charge in [0.15, 0.2) is 23.2 Å². The van der Waals surface area contributed by atoms with Gasteiger partial charge in [-0.2, -0.15) is 5.10 Å². The minimum absolute atomic E-state index is 0.102. The third-order valence-corrected chi connectivity index (χ3v) is 6.71. The molecule has 0 amide bonds. The molecule has 188 valence electrons. The topological polar surface area (TPSA) is 113 Å². The summed E-state index contributed by atoms with van der Waals surface area (Å²) in [7, 11) is 3.48. The lowest BCUT2D eigenvalue weighted by Crippen LogP contribution is -2.37. The van der Waals surface area contributed by atoms with E-state index in [0.29, 0.717) is 55.0 Å². The highest BCUT2D eigenvalue weighted by Gasteiger charge is 2.24. The molecule has 5 aromatic heterocycles. The van der Waals surface area contributed by atoms with Crippen molar-refractivity contribution in [3.05, 3.63) is 48.3 Å². The van der Waals surface area contributed by atoms with Gasteiger partial charge in [0.2, 0.25) is 0 Å². The molecular weight excluding hydrogens is 472 g/mol. The lowest BCUT2D eigenvalue weighted by atomic mass is 10.1. The zero-order chi connectivity index (χ0) is 25.7. The molecule has 0 unspecified atom stereocenters. The van der Waals surface area contributed by atoms with Crippen LogP contribution in [0.5, 0.6) is 5.75 Å². The van der Waals surface area contributed by atoms with Gasteiger partial charge in [-0.25, -0.2) is 14.6 Å². The van der Waals surface area contributed by atoms with Crippen LogP contribution in [0.2, 0.25) is 0 Å². The van der Waals surface area contributed by atoms with Gasteiger partial charge in [-0.3, -0.25) is 14.8 Å². The summed E-state index contributed by atoms with van der Waals surface area (Å²) in [6, 6.07) is 5.71. The molecule has 37 heavy (non-hydrogen) atoms. The predicted molar refractivity (Wildman–Crippen MR) is 138 cm³/mol. The zero-order valence-corrected chi connectivity index (χ0v) is 21.1. The monoisotopic (exact) mass is 498 g/mol. The molecule has 11 nitrogen and oxygen atoms in total. The summed E-state index contributed by atoms with van der Waals surface area (Å²) in [6.45, 7) is 6.06. The molecule has 5 aromatic rings. The van der Waals surface area contributed by atoms with E-state index < -0.39 is 0 Å². The number of aryl methyl sites for hydroxylation is 2. The van der Waals surface area contributed by atoms with E-state index in [9.17, 15) is 4.79 Å². The molecule has 1 fully saturated rings. The fraction of sp³-hybridized carbons (Fsp3) is 0.308. The second kappa shape index (κ2) is 8.93. The number of rotatable bonds is 5. The van der Waals surface area contributed by atoms with E-state index in [0.717, 1.165) is 33.4 Å². The number of imidazole rings is 1. The largest absolute Gasteiger partial charge is 0.496 e. The molecule has 6 heterocycles. The first kappa shape index (κ1) is 23.0. The Hall–Kier alpha value is -4.38. The first-order chi connectivity index (χ1) is 18.0. The molecule has 0 atom stereocenters. The maximum atomic E-state index is 12.3. The molecule has 1 aliphatic rings. The lowest BCUT2D eigenvalue weighted by Gasteiger charge is -2.28. The third-order valence-electron chi connectivity index (χ3n) is 6.71. The van der Waals surface area contributed by atoms with Gasteiger partial charge < -0.3 is 18.9 Å². The molecule has 1 saturated heterocycles. The SMILES string of the molecule is COc1ccncc1-c1cc2c(cnn2-c2cc3c(nc(C(C)=O)n3C)c(N3CCOCC3)n2)c(C)n1. The van der Waals surface area contributed by atoms with E-state index in [4.69, 9.17) is 24.5 Å². The second-order valence-corrected chi connectivity index (χ2v) is 8.98. The Bertz CT molecular complexity index is 1670. The first-order valence-corrected chi connectivity index (χ1v) is 12.0.